The molecule has 1 amide bonds. The third kappa shape index (κ3) is 1.87. The lowest BCUT2D eigenvalue weighted by Gasteiger charge is -2.45. The maximum absolute atomic E-state index is 11.3. The molecule has 0 saturated carbocycles. The van der Waals surface area contributed by atoms with Gasteiger partial charge in [-0.3, -0.25) is 9.59 Å². The predicted octanol–water partition coefficient (Wildman–Crippen LogP) is -0.324. The van der Waals surface area contributed by atoms with Gasteiger partial charge in [0.1, 0.15) is 18.0 Å². The van der Waals surface area contributed by atoms with Gasteiger partial charge < -0.3 is 15.4 Å². The van der Waals surface area contributed by atoms with Crippen LogP contribution in [0.15, 0.2) is 11.8 Å². The van der Waals surface area contributed by atoms with E-state index in [4.69, 9.17) is 10.5 Å². The SMILES string of the molecule is CC(=O)OCC1=CN2C(=O)C(N)C2SC1. The fraction of sp³-hybridized carbons (Fsp3) is 0.556. The monoisotopic (exact) mass is 228 g/mol. The van der Waals surface area contributed by atoms with E-state index in [0.29, 0.717) is 0 Å². The Morgan fingerprint density at radius 2 is 2.53 bits per heavy atom. The number of esters is 1. The molecule has 0 aromatic rings. The number of ether oxygens (including phenoxy) is 1. The van der Waals surface area contributed by atoms with E-state index in [1.165, 1.54) is 6.92 Å². The first-order chi connectivity index (χ1) is 7.09. The predicted molar refractivity (Wildman–Crippen MR) is 55.8 cm³/mol. The topological polar surface area (TPSA) is 72.6 Å². The molecule has 0 aromatic heterocycles. The number of carbonyl (C=O) groups is 2. The number of thioether (sulfide) groups is 1. The van der Waals surface area contributed by atoms with Gasteiger partial charge in [0.2, 0.25) is 5.91 Å². The molecule has 2 unspecified atom stereocenters. The molecular formula is C9H12N2O3S. The molecule has 2 aliphatic heterocycles. The number of nitrogens with two attached hydrogens (primary N) is 1. The van der Waals surface area contributed by atoms with E-state index in [9.17, 15) is 9.59 Å². The molecule has 0 radical (unpaired) electrons. The van der Waals surface area contributed by atoms with E-state index < -0.39 is 0 Å². The quantitative estimate of drug-likeness (QED) is 0.518. The van der Waals surface area contributed by atoms with Crippen LogP contribution in [0.1, 0.15) is 6.92 Å². The largest absolute Gasteiger partial charge is 0.461 e. The second-order valence-corrected chi connectivity index (χ2v) is 4.65. The van der Waals surface area contributed by atoms with Crippen molar-refractivity contribution in [2.24, 2.45) is 5.73 Å². The van der Waals surface area contributed by atoms with Crippen molar-refractivity contribution in [1.29, 1.82) is 0 Å². The molecule has 2 N–H and O–H groups in total. The fourth-order valence-electron chi connectivity index (χ4n) is 1.53. The van der Waals surface area contributed by atoms with E-state index in [-0.39, 0.29) is 29.9 Å². The van der Waals surface area contributed by atoms with Crippen LogP contribution in [0.3, 0.4) is 0 Å². The lowest BCUT2D eigenvalue weighted by atomic mass is 10.1. The Bertz CT molecular complexity index is 342. The van der Waals surface area contributed by atoms with Crippen LogP contribution >= 0.6 is 11.8 Å². The van der Waals surface area contributed by atoms with Crippen LogP contribution in [0, 0.1) is 0 Å². The number of β-lactam (4-membered cyclic amide) rings is 1. The Hall–Kier alpha value is -1.01. The van der Waals surface area contributed by atoms with Gasteiger partial charge in [0.05, 0.1) is 0 Å². The summed E-state index contributed by atoms with van der Waals surface area (Å²) in [5.41, 5.74) is 6.55. The molecule has 82 valence electrons. The molecular weight excluding hydrogens is 216 g/mol. The molecule has 1 fully saturated rings. The summed E-state index contributed by atoms with van der Waals surface area (Å²) in [5.74, 6) is 0.386. The Morgan fingerprint density at radius 3 is 3.20 bits per heavy atom. The highest BCUT2D eigenvalue weighted by molar-refractivity contribution is 8.00. The van der Waals surface area contributed by atoms with E-state index >= 15 is 0 Å². The number of nitrogens with zero attached hydrogens (tertiary/aromatic N) is 1. The van der Waals surface area contributed by atoms with Crippen LogP contribution < -0.4 is 5.73 Å². The molecule has 2 atom stereocenters. The summed E-state index contributed by atoms with van der Waals surface area (Å²) in [7, 11) is 0. The number of fused-ring (bicyclic) bond motifs is 1. The van der Waals surface area contributed by atoms with E-state index in [0.717, 1.165) is 11.3 Å². The summed E-state index contributed by atoms with van der Waals surface area (Å²) in [6, 6.07) is -0.374. The zero-order valence-corrected chi connectivity index (χ0v) is 9.12. The van der Waals surface area contributed by atoms with Gasteiger partial charge in [-0.15, -0.1) is 11.8 Å². The molecule has 2 rings (SSSR count). The number of hydrogen-bond acceptors (Lipinski definition) is 5. The van der Waals surface area contributed by atoms with E-state index in [1.807, 2.05) is 0 Å². The summed E-state index contributed by atoms with van der Waals surface area (Å²) >= 11 is 1.61. The maximum Gasteiger partial charge on any atom is 0.302 e. The summed E-state index contributed by atoms with van der Waals surface area (Å²) in [4.78, 5) is 23.5. The van der Waals surface area contributed by atoms with Crippen molar-refractivity contribution in [2.45, 2.75) is 18.3 Å². The number of carbonyl (C=O) groups excluding carboxylic acids is 2. The third-order valence-corrected chi connectivity index (χ3v) is 3.74. The molecule has 0 spiro atoms. The minimum atomic E-state index is -0.374. The second kappa shape index (κ2) is 3.86. The van der Waals surface area contributed by atoms with Crippen LogP contribution in [0.2, 0.25) is 0 Å². The molecule has 1 saturated heterocycles. The van der Waals surface area contributed by atoms with Gasteiger partial charge >= 0.3 is 5.97 Å². The number of rotatable bonds is 2. The zero-order chi connectivity index (χ0) is 11.0. The molecule has 5 nitrogen and oxygen atoms in total. The van der Waals surface area contributed by atoms with Crippen molar-refractivity contribution in [3.63, 3.8) is 0 Å². The van der Waals surface area contributed by atoms with Gasteiger partial charge in [-0.2, -0.15) is 0 Å². The highest BCUT2D eigenvalue weighted by Gasteiger charge is 2.46. The molecule has 15 heavy (non-hydrogen) atoms. The average molecular weight is 228 g/mol. The number of hydrogen-bond donors (Lipinski definition) is 1. The summed E-state index contributed by atoms with van der Waals surface area (Å²) in [6.07, 6.45) is 1.75. The van der Waals surface area contributed by atoms with Gasteiger partial charge in [0.25, 0.3) is 0 Å². The first-order valence-electron chi connectivity index (χ1n) is 4.62. The lowest BCUT2D eigenvalue weighted by molar-refractivity contribution is -0.140. The smallest absolute Gasteiger partial charge is 0.302 e. The Morgan fingerprint density at radius 1 is 1.80 bits per heavy atom. The highest BCUT2D eigenvalue weighted by Crippen LogP contribution is 2.34. The lowest BCUT2D eigenvalue weighted by Crippen LogP contribution is -2.66. The first kappa shape index (κ1) is 10.5. The summed E-state index contributed by atoms with van der Waals surface area (Å²) < 4.78 is 4.86. The van der Waals surface area contributed by atoms with Crippen LogP contribution in [0.25, 0.3) is 0 Å². The molecule has 0 aliphatic carbocycles. The van der Waals surface area contributed by atoms with Gasteiger partial charge in [0, 0.05) is 18.9 Å². The van der Waals surface area contributed by atoms with Crippen LogP contribution in [0.5, 0.6) is 0 Å². The molecule has 0 bridgehead atoms. The maximum atomic E-state index is 11.3. The van der Waals surface area contributed by atoms with Crippen molar-refractivity contribution in [3.8, 4) is 0 Å². The standard InChI is InChI=1S/C9H12N2O3S/c1-5(12)14-3-6-2-11-8(13)7(10)9(11)15-4-6/h2,7,9H,3-4,10H2,1H3. The normalized spacial score (nSPS) is 29.1. The van der Waals surface area contributed by atoms with Crippen molar-refractivity contribution in [3.05, 3.63) is 11.8 Å². The minimum Gasteiger partial charge on any atom is -0.461 e. The van der Waals surface area contributed by atoms with Crippen molar-refractivity contribution < 1.29 is 14.3 Å². The third-order valence-electron chi connectivity index (χ3n) is 2.34. The zero-order valence-electron chi connectivity index (χ0n) is 8.30. The average Bonchev–Trinajstić information content (AvgIpc) is 2.24. The fourth-order valence-corrected chi connectivity index (χ4v) is 2.72. The van der Waals surface area contributed by atoms with Crippen molar-refractivity contribution in [1.82, 2.24) is 4.90 Å². The Balaban J connectivity index is 1.96. The van der Waals surface area contributed by atoms with Crippen LogP contribution in [0.4, 0.5) is 0 Å². The van der Waals surface area contributed by atoms with Gasteiger partial charge in [-0.1, -0.05) is 0 Å². The molecule has 2 aliphatic rings. The van der Waals surface area contributed by atoms with Gasteiger partial charge in [-0.25, -0.2) is 0 Å². The molecule has 6 heteroatoms. The van der Waals surface area contributed by atoms with Crippen LogP contribution in [-0.4, -0.2) is 40.6 Å². The first-order valence-corrected chi connectivity index (χ1v) is 5.67. The van der Waals surface area contributed by atoms with Gasteiger partial charge in [-0.05, 0) is 5.57 Å². The van der Waals surface area contributed by atoms with Crippen molar-refractivity contribution >= 4 is 23.6 Å². The van der Waals surface area contributed by atoms with Crippen LogP contribution in [-0.2, 0) is 14.3 Å². The van der Waals surface area contributed by atoms with E-state index in [2.05, 4.69) is 0 Å². The van der Waals surface area contributed by atoms with Gasteiger partial charge in [0.15, 0.2) is 0 Å². The molecule has 2 heterocycles. The Labute approximate surface area is 91.6 Å². The van der Waals surface area contributed by atoms with E-state index in [1.54, 1.807) is 22.9 Å². The Kier molecular flexibility index (Phi) is 2.70. The minimum absolute atomic E-state index is 0.0625. The summed E-state index contributed by atoms with van der Waals surface area (Å²) in [6.45, 7) is 1.62. The van der Waals surface area contributed by atoms with Crippen molar-refractivity contribution in [2.75, 3.05) is 12.4 Å². The summed E-state index contributed by atoms with van der Waals surface area (Å²) in [5, 5.41) is 0.0681. The number of amides is 1. The second-order valence-electron chi connectivity index (χ2n) is 3.54. The molecule has 0 aromatic carbocycles. The highest BCUT2D eigenvalue weighted by atomic mass is 32.2.